The summed E-state index contributed by atoms with van der Waals surface area (Å²) in [6.45, 7) is 3.60. The van der Waals surface area contributed by atoms with Crippen LogP contribution >= 0.6 is 0 Å². The van der Waals surface area contributed by atoms with Crippen molar-refractivity contribution in [1.29, 1.82) is 0 Å². The molecule has 0 spiro atoms. The van der Waals surface area contributed by atoms with Gasteiger partial charge in [-0.3, -0.25) is 0 Å². The van der Waals surface area contributed by atoms with E-state index in [1.807, 2.05) is 24.3 Å². The van der Waals surface area contributed by atoms with Crippen molar-refractivity contribution in [3.63, 3.8) is 0 Å². The molecule has 0 radical (unpaired) electrons. The number of fused-ring (bicyclic) bond motifs is 1. The van der Waals surface area contributed by atoms with Gasteiger partial charge in [0.25, 0.3) is 0 Å². The first kappa shape index (κ1) is 8.94. The Balaban J connectivity index is 2.52. The molecule has 3 heteroatoms. The third kappa shape index (κ3) is 1.41. The predicted octanol–water partition coefficient (Wildman–Crippen LogP) is 2.69. The van der Waals surface area contributed by atoms with Crippen LogP contribution in [0.2, 0.25) is 0 Å². The van der Waals surface area contributed by atoms with Crippen molar-refractivity contribution >= 4 is 5.76 Å². The molecular weight excluding hydrogens is 180 g/mol. The van der Waals surface area contributed by atoms with Crippen LogP contribution in [0.15, 0.2) is 30.5 Å². The molecule has 1 aliphatic heterocycles. The van der Waals surface area contributed by atoms with Gasteiger partial charge in [-0.05, 0) is 12.1 Å². The average molecular weight is 192 g/mol. The number of rotatable bonds is 0. The van der Waals surface area contributed by atoms with Crippen LogP contribution in [0, 0.1) is 0 Å². The number of aliphatic hydroxyl groups excluding tert-OH is 1. The smallest absolute Gasteiger partial charge is 0.246 e. The van der Waals surface area contributed by atoms with Crippen molar-refractivity contribution in [2.75, 3.05) is 0 Å². The molecule has 0 saturated heterocycles. The topological polar surface area (TPSA) is 38.7 Å². The van der Waals surface area contributed by atoms with Gasteiger partial charge >= 0.3 is 0 Å². The fourth-order valence-corrected chi connectivity index (χ4v) is 1.46. The highest BCUT2D eigenvalue weighted by molar-refractivity contribution is 5.66. The quantitative estimate of drug-likeness (QED) is 0.642. The van der Waals surface area contributed by atoms with Crippen LogP contribution < -0.4 is 4.74 Å². The molecule has 0 atom stereocenters. The summed E-state index contributed by atoms with van der Waals surface area (Å²) in [5, 5.41) is 9.03. The second-order valence-electron chi connectivity index (χ2n) is 3.59. The zero-order valence-corrected chi connectivity index (χ0v) is 8.15. The molecular formula is C11H12O3. The lowest BCUT2D eigenvalue weighted by Crippen LogP contribution is -2.34. The van der Waals surface area contributed by atoms with Crippen molar-refractivity contribution in [2.24, 2.45) is 0 Å². The van der Waals surface area contributed by atoms with Gasteiger partial charge in [-0.2, -0.15) is 0 Å². The number of aliphatic hydroxyl groups is 1. The first-order valence-corrected chi connectivity index (χ1v) is 4.44. The summed E-state index contributed by atoms with van der Waals surface area (Å²) in [6, 6.07) is 7.44. The zero-order valence-electron chi connectivity index (χ0n) is 8.15. The molecule has 74 valence electrons. The molecule has 0 unspecified atom stereocenters. The third-order valence-corrected chi connectivity index (χ3v) is 1.98. The molecule has 0 aliphatic carbocycles. The average Bonchev–Trinajstić information content (AvgIpc) is 2.15. The second-order valence-corrected chi connectivity index (χ2v) is 3.59. The van der Waals surface area contributed by atoms with E-state index in [1.54, 1.807) is 13.8 Å². The van der Waals surface area contributed by atoms with Crippen LogP contribution in [0.25, 0.3) is 5.76 Å². The van der Waals surface area contributed by atoms with Gasteiger partial charge in [-0.1, -0.05) is 12.1 Å². The summed E-state index contributed by atoms with van der Waals surface area (Å²) >= 11 is 0. The number of hydrogen-bond donors (Lipinski definition) is 1. The Morgan fingerprint density at radius 2 is 1.93 bits per heavy atom. The van der Waals surface area contributed by atoms with Gasteiger partial charge in [0.1, 0.15) is 12.0 Å². The standard InChI is InChI=1S/C11H12O3/c1-11(2)13-9-6-4-3-5-8(9)10(7-12)14-11/h3-7,12H,1-2H3/b10-7-. The van der Waals surface area contributed by atoms with E-state index in [1.165, 1.54) is 0 Å². The SMILES string of the molecule is CC1(C)O/C(=C\O)c2ccccc2O1. The monoisotopic (exact) mass is 192 g/mol. The summed E-state index contributed by atoms with van der Waals surface area (Å²) in [7, 11) is 0. The molecule has 1 aromatic rings. The van der Waals surface area contributed by atoms with Gasteiger partial charge in [-0.25, -0.2) is 0 Å². The third-order valence-electron chi connectivity index (χ3n) is 1.98. The Labute approximate surface area is 82.6 Å². The maximum atomic E-state index is 9.03. The highest BCUT2D eigenvalue weighted by Gasteiger charge is 2.30. The molecule has 3 nitrogen and oxygen atoms in total. The lowest BCUT2D eigenvalue weighted by Gasteiger charge is -2.34. The Morgan fingerprint density at radius 1 is 1.21 bits per heavy atom. The fraction of sp³-hybridized carbons (Fsp3) is 0.273. The summed E-state index contributed by atoms with van der Waals surface area (Å²) in [5.41, 5.74) is 0.773. The van der Waals surface area contributed by atoms with E-state index in [0.29, 0.717) is 5.76 Å². The van der Waals surface area contributed by atoms with Gasteiger partial charge in [0.05, 0.1) is 5.56 Å². The number of benzene rings is 1. The van der Waals surface area contributed by atoms with Crippen molar-refractivity contribution < 1.29 is 14.6 Å². The largest absolute Gasteiger partial charge is 0.512 e. The first-order valence-electron chi connectivity index (χ1n) is 4.44. The maximum Gasteiger partial charge on any atom is 0.246 e. The first-order chi connectivity index (χ1) is 6.62. The molecule has 1 aromatic carbocycles. The van der Waals surface area contributed by atoms with Crippen LogP contribution in [-0.4, -0.2) is 10.9 Å². The fourth-order valence-electron chi connectivity index (χ4n) is 1.46. The Kier molecular flexibility index (Phi) is 1.88. The van der Waals surface area contributed by atoms with Gasteiger partial charge in [0.2, 0.25) is 5.79 Å². The van der Waals surface area contributed by atoms with Crippen molar-refractivity contribution in [2.45, 2.75) is 19.6 Å². The second kappa shape index (κ2) is 2.94. The van der Waals surface area contributed by atoms with E-state index in [-0.39, 0.29) is 0 Å². The Hall–Kier alpha value is -1.64. The molecule has 1 N–H and O–H groups in total. The summed E-state index contributed by atoms with van der Waals surface area (Å²) in [5.74, 6) is 0.434. The van der Waals surface area contributed by atoms with E-state index in [4.69, 9.17) is 14.6 Å². The van der Waals surface area contributed by atoms with E-state index in [2.05, 4.69) is 0 Å². The number of hydrogen-bond acceptors (Lipinski definition) is 3. The van der Waals surface area contributed by atoms with Crippen LogP contribution in [0.1, 0.15) is 19.4 Å². The minimum Gasteiger partial charge on any atom is -0.512 e. The summed E-state index contributed by atoms with van der Waals surface area (Å²) in [4.78, 5) is 0. The maximum absolute atomic E-state index is 9.03. The molecule has 0 aromatic heterocycles. The van der Waals surface area contributed by atoms with Gasteiger partial charge in [-0.15, -0.1) is 0 Å². The van der Waals surface area contributed by atoms with Crippen LogP contribution in [0.5, 0.6) is 5.75 Å². The molecule has 0 saturated carbocycles. The molecule has 0 bridgehead atoms. The Morgan fingerprint density at radius 3 is 2.64 bits per heavy atom. The highest BCUT2D eigenvalue weighted by Crippen LogP contribution is 2.37. The number of para-hydroxylation sites is 1. The van der Waals surface area contributed by atoms with E-state index in [0.717, 1.165) is 17.6 Å². The van der Waals surface area contributed by atoms with Crippen molar-refractivity contribution in [1.82, 2.24) is 0 Å². The zero-order chi connectivity index (χ0) is 10.2. The predicted molar refractivity (Wildman–Crippen MR) is 52.8 cm³/mol. The molecule has 1 aliphatic rings. The van der Waals surface area contributed by atoms with E-state index >= 15 is 0 Å². The molecule has 0 fully saturated rings. The number of ether oxygens (including phenoxy) is 2. The van der Waals surface area contributed by atoms with Crippen molar-refractivity contribution in [3.05, 3.63) is 36.1 Å². The minimum absolute atomic E-state index is 0.442. The lowest BCUT2D eigenvalue weighted by molar-refractivity contribution is -0.113. The summed E-state index contributed by atoms with van der Waals surface area (Å²) < 4.78 is 11.0. The lowest BCUT2D eigenvalue weighted by atomic mass is 10.1. The Bertz CT molecular complexity index is 380. The van der Waals surface area contributed by atoms with Crippen molar-refractivity contribution in [3.8, 4) is 5.75 Å². The van der Waals surface area contributed by atoms with Crippen LogP contribution in [0.4, 0.5) is 0 Å². The van der Waals surface area contributed by atoms with E-state index in [9.17, 15) is 0 Å². The highest BCUT2D eigenvalue weighted by atomic mass is 16.7. The van der Waals surface area contributed by atoms with Crippen LogP contribution in [-0.2, 0) is 4.74 Å². The van der Waals surface area contributed by atoms with Gasteiger partial charge in [0.15, 0.2) is 5.76 Å². The normalized spacial score (nSPS) is 20.9. The minimum atomic E-state index is -0.733. The molecule has 1 heterocycles. The molecule has 2 rings (SSSR count). The van der Waals surface area contributed by atoms with Gasteiger partial charge in [0, 0.05) is 13.8 Å². The van der Waals surface area contributed by atoms with Crippen LogP contribution in [0.3, 0.4) is 0 Å². The molecule has 14 heavy (non-hydrogen) atoms. The summed E-state index contributed by atoms with van der Waals surface area (Å²) in [6.07, 6.45) is 0.961. The van der Waals surface area contributed by atoms with Gasteiger partial charge < -0.3 is 14.6 Å². The molecule has 0 amide bonds. The van der Waals surface area contributed by atoms with E-state index < -0.39 is 5.79 Å².